The third-order valence-electron chi connectivity index (χ3n) is 1.98. The Morgan fingerprint density at radius 3 is 2.42 bits per heavy atom. The van der Waals surface area contributed by atoms with Crippen LogP contribution in [0.5, 0.6) is 0 Å². The van der Waals surface area contributed by atoms with Gasteiger partial charge >= 0.3 is 0 Å². The van der Waals surface area contributed by atoms with Gasteiger partial charge in [0.05, 0.1) is 0 Å². The van der Waals surface area contributed by atoms with Crippen LogP contribution in [0.25, 0.3) is 0 Å². The average molecular weight is 174 g/mol. The second-order valence-corrected chi connectivity index (χ2v) is 3.34. The predicted molar refractivity (Wildman–Crippen MR) is 48.9 cm³/mol. The van der Waals surface area contributed by atoms with Gasteiger partial charge in [-0.05, 0) is 33.9 Å². The number of nitro groups is 1. The van der Waals surface area contributed by atoms with Gasteiger partial charge in [-0.15, -0.1) is 0 Å². The van der Waals surface area contributed by atoms with Gasteiger partial charge < -0.3 is 4.90 Å². The molecule has 0 saturated heterocycles. The Bertz CT molecular complexity index is 137. The van der Waals surface area contributed by atoms with Crippen molar-refractivity contribution in [3.63, 3.8) is 0 Å². The molecule has 4 heteroatoms. The van der Waals surface area contributed by atoms with Crippen molar-refractivity contribution in [2.75, 3.05) is 20.1 Å². The van der Waals surface area contributed by atoms with Gasteiger partial charge in [-0.25, -0.2) is 0 Å². The van der Waals surface area contributed by atoms with Crippen LogP contribution in [0.2, 0.25) is 0 Å². The summed E-state index contributed by atoms with van der Waals surface area (Å²) in [6.45, 7) is 5.29. The summed E-state index contributed by atoms with van der Waals surface area (Å²) in [4.78, 5) is 11.9. The van der Waals surface area contributed by atoms with E-state index in [0.717, 1.165) is 13.0 Å². The standard InChI is InChI=1S/C8H18N2O2/c1-8(2)9(3)6-4-5-7-10(11)12/h8H,4-7H2,1-3H3. The number of unbranched alkanes of at least 4 members (excludes halogenated alkanes) is 1. The Hall–Kier alpha value is -0.640. The van der Waals surface area contributed by atoms with E-state index in [1.165, 1.54) is 0 Å². The summed E-state index contributed by atoms with van der Waals surface area (Å²) in [5.41, 5.74) is 0. The molecule has 0 aromatic carbocycles. The molecular formula is C8H18N2O2. The van der Waals surface area contributed by atoms with Crippen molar-refractivity contribution in [1.29, 1.82) is 0 Å². The van der Waals surface area contributed by atoms with Crippen LogP contribution in [-0.4, -0.2) is 36.0 Å². The highest BCUT2D eigenvalue weighted by atomic mass is 16.6. The van der Waals surface area contributed by atoms with Crippen LogP contribution in [0.1, 0.15) is 26.7 Å². The lowest BCUT2D eigenvalue weighted by Gasteiger charge is -2.20. The van der Waals surface area contributed by atoms with Crippen LogP contribution in [0.4, 0.5) is 0 Å². The fraction of sp³-hybridized carbons (Fsp3) is 1.00. The number of nitrogens with zero attached hydrogens (tertiary/aromatic N) is 2. The Kier molecular flexibility index (Phi) is 5.62. The van der Waals surface area contributed by atoms with Gasteiger partial charge in [-0.3, -0.25) is 10.1 Å². The molecule has 0 aromatic heterocycles. The van der Waals surface area contributed by atoms with Gasteiger partial charge in [-0.1, -0.05) is 0 Å². The molecule has 0 aromatic rings. The van der Waals surface area contributed by atoms with Crippen molar-refractivity contribution < 1.29 is 4.92 Å². The van der Waals surface area contributed by atoms with E-state index in [1.807, 2.05) is 7.05 Å². The molecule has 0 fully saturated rings. The van der Waals surface area contributed by atoms with Crippen LogP contribution in [-0.2, 0) is 0 Å². The number of rotatable bonds is 6. The molecule has 0 bridgehead atoms. The molecule has 0 spiro atoms. The Morgan fingerprint density at radius 1 is 1.42 bits per heavy atom. The summed E-state index contributed by atoms with van der Waals surface area (Å²) in [5, 5.41) is 9.97. The van der Waals surface area contributed by atoms with Crippen molar-refractivity contribution in [1.82, 2.24) is 4.90 Å². The predicted octanol–water partition coefficient (Wildman–Crippen LogP) is 1.38. The molecular weight excluding hydrogens is 156 g/mol. The fourth-order valence-corrected chi connectivity index (χ4v) is 0.860. The summed E-state index contributed by atoms with van der Waals surface area (Å²) < 4.78 is 0. The van der Waals surface area contributed by atoms with Crippen molar-refractivity contribution in [2.24, 2.45) is 0 Å². The van der Waals surface area contributed by atoms with E-state index in [2.05, 4.69) is 18.7 Å². The van der Waals surface area contributed by atoms with Crippen molar-refractivity contribution in [3.8, 4) is 0 Å². The maximum absolute atomic E-state index is 9.97. The van der Waals surface area contributed by atoms with Crippen LogP contribution in [0, 0.1) is 10.1 Å². The van der Waals surface area contributed by atoms with Gasteiger partial charge in [0, 0.05) is 17.4 Å². The largest absolute Gasteiger partial charge is 0.304 e. The van der Waals surface area contributed by atoms with Gasteiger partial charge in [-0.2, -0.15) is 0 Å². The molecule has 0 unspecified atom stereocenters. The lowest BCUT2D eigenvalue weighted by atomic mass is 10.2. The average Bonchev–Trinajstić information content (AvgIpc) is 1.97. The minimum atomic E-state index is -0.255. The molecule has 0 radical (unpaired) electrons. The Morgan fingerprint density at radius 2 is 2.00 bits per heavy atom. The van der Waals surface area contributed by atoms with Crippen LogP contribution < -0.4 is 0 Å². The molecule has 72 valence electrons. The molecule has 0 saturated carbocycles. The van der Waals surface area contributed by atoms with E-state index < -0.39 is 0 Å². The van der Waals surface area contributed by atoms with Gasteiger partial charge in [0.15, 0.2) is 0 Å². The minimum absolute atomic E-state index is 0.103. The van der Waals surface area contributed by atoms with E-state index in [4.69, 9.17) is 0 Å². The molecule has 0 aliphatic heterocycles. The monoisotopic (exact) mass is 174 g/mol. The van der Waals surface area contributed by atoms with Crippen LogP contribution >= 0.6 is 0 Å². The van der Waals surface area contributed by atoms with E-state index in [1.54, 1.807) is 0 Å². The molecule has 0 heterocycles. The Balaban J connectivity index is 3.25. The second-order valence-electron chi connectivity index (χ2n) is 3.34. The highest BCUT2D eigenvalue weighted by Gasteiger charge is 2.03. The summed E-state index contributed by atoms with van der Waals surface area (Å²) >= 11 is 0. The molecule has 12 heavy (non-hydrogen) atoms. The third-order valence-corrected chi connectivity index (χ3v) is 1.98. The van der Waals surface area contributed by atoms with Crippen molar-refractivity contribution in [2.45, 2.75) is 32.7 Å². The molecule has 0 N–H and O–H groups in total. The lowest BCUT2D eigenvalue weighted by Crippen LogP contribution is -2.27. The normalized spacial score (nSPS) is 11.1. The van der Waals surface area contributed by atoms with Gasteiger partial charge in [0.25, 0.3) is 0 Å². The van der Waals surface area contributed by atoms with Crippen LogP contribution in [0.15, 0.2) is 0 Å². The fourth-order valence-electron chi connectivity index (χ4n) is 0.860. The zero-order chi connectivity index (χ0) is 9.56. The number of hydrogen-bond donors (Lipinski definition) is 0. The first-order valence-corrected chi connectivity index (χ1v) is 4.36. The quantitative estimate of drug-likeness (QED) is 0.347. The molecule has 0 aliphatic rings. The smallest absolute Gasteiger partial charge is 0.203 e. The molecule has 0 rings (SSSR count). The topological polar surface area (TPSA) is 46.4 Å². The molecule has 0 amide bonds. The van der Waals surface area contributed by atoms with Crippen molar-refractivity contribution >= 4 is 0 Å². The first kappa shape index (κ1) is 11.4. The molecule has 0 atom stereocenters. The first-order chi connectivity index (χ1) is 5.54. The summed E-state index contributed by atoms with van der Waals surface area (Å²) in [6.07, 6.45) is 1.60. The molecule has 0 aliphatic carbocycles. The van der Waals surface area contributed by atoms with Crippen molar-refractivity contribution in [3.05, 3.63) is 10.1 Å². The zero-order valence-electron chi connectivity index (χ0n) is 8.12. The summed E-state index contributed by atoms with van der Waals surface area (Å²) in [6, 6.07) is 0.528. The molecule has 4 nitrogen and oxygen atoms in total. The first-order valence-electron chi connectivity index (χ1n) is 4.36. The number of hydrogen-bond acceptors (Lipinski definition) is 3. The zero-order valence-corrected chi connectivity index (χ0v) is 8.12. The highest BCUT2D eigenvalue weighted by molar-refractivity contribution is 4.56. The highest BCUT2D eigenvalue weighted by Crippen LogP contribution is 1.97. The Labute approximate surface area is 73.7 Å². The van der Waals surface area contributed by atoms with Gasteiger partial charge in [0.1, 0.15) is 0 Å². The third kappa shape index (κ3) is 6.09. The SMILES string of the molecule is CC(C)N(C)CCCC[N+](=O)[O-]. The summed E-state index contributed by atoms with van der Waals surface area (Å²) in [5.74, 6) is 0. The van der Waals surface area contributed by atoms with E-state index in [-0.39, 0.29) is 11.5 Å². The lowest BCUT2D eigenvalue weighted by molar-refractivity contribution is -0.480. The maximum Gasteiger partial charge on any atom is 0.203 e. The summed E-state index contributed by atoms with van der Waals surface area (Å²) in [7, 11) is 2.04. The van der Waals surface area contributed by atoms with Gasteiger partial charge in [0.2, 0.25) is 6.54 Å². The minimum Gasteiger partial charge on any atom is -0.304 e. The van der Waals surface area contributed by atoms with E-state index >= 15 is 0 Å². The van der Waals surface area contributed by atoms with Crippen LogP contribution in [0.3, 0.4) is 0 Å². The maximum atomic E-state index is 9.97. The van der Waals surface area contributed by atoms with E-state index in [9.17, 15) is 10.1 Å². The van der Waals surface area contributed by atoms with E-state index in [0.29, 0.717) is 12.5 Å². The second kappa shape index (κ2) is 5.94.